The van der Waals surface area contributed by atoms with Gasteiger partial charge < -0.3 is 4.90 Å². The molecule has 25 heavy (non-hydrogen) atoms. The molecule has 3 rings (SSSR count). The summed E-state index contributed by atoms with van der Waals surface area (Å²) in [5.41, 5.74) is 5.63. The number of unbranched alkanes of at least 4 members (excludes halogenated alkanes) is 1. The highest BCUT2D eigenvalue weighted by atomic mass is 16.2. The lowest BCUT2D eigenvalue weighted by molar-refractivity contribution is -0.139. The van der Waals surface area contributed by atoms with Crippen LogP contribution in [0.3, 0.4) is 0 Å². The summed E-state index contributed by atoms with van der Waals surface area (Å²) in [6.45, 7) is 9.70. The van der Waals surface area contributed by atoms with Crippen molar-refractivity contribution in [2.24, 2.45) is 5.92 Å². The van der Waals surface area contributed by atoms with Crippen LogP contribution in [-0.4, -0.2) is 84.9 Å². The second-order valence-corrected chi connectivity index (χ2v) is 7.64. The number of nitrogens with one attached hydrogen (secondary N) is 2. The third-order valence-corrected chi connectivity index (χ3v) is 5.82. The van der Waals surface area contributed by atoms with Gasteiger partial charge in [-0.1, -0.05) is 13.3 Å². The van der Waals surface area contributed by atoms with Gasteiger partial charge in [0.25, 0.3) is 0 Å². The van der Waals surface area contributed by atoms with Crippen LogP contribution in [0.15, 0.2) is 0 Å². The summed E-state index contributed by atoms with van der Waals surface area (Å²) >= 11 is 0. The summed E-state index contributed by atoms with van der Waals surface area (Å²) in [6, 6.07) is 0.218. The summed E-state index contributed by atoms with van der Waals surface area (Å²) in [6.07, 6.45) is 5.03. The maximum Gasteiger partial charge on any atom is 0.235 e. The molecule has 2 amide bonds. The van der Waals surface area contributed by atoms with Crippen molar-refractivity contribution in [2.45, 2.75) is 45.1 Å². The van der Waals surface area contributed by atoms with Crippen molar-refractivity contribution in [3.05, 3.63) is 0 Å². The summed E-state index contributed by atoms with van der Waals surface area (Å²) in [5.74, 6) is 0.474. The van der Waals surface area contributed by atoms with Crippen LogP contribution in [0, 0.1) is 5.92 Å². The highest BCUT2D eigenvalue weighted by Gasteiger charge is 2.34. The fourth-order valence-electron chi connectivity index (χ4n) is 4.23. The molecule has 142 valence electrons. The van der Waals surface area contributed by atoms with E-state index in [9.17, 15) is 9.59 Å². The monoisotopic (exact) mass is 351 g/mol. The Balaban J connectivity index is 1.48. The number of amides is 2. The van der Waals surface area contributed by atoms with Gasteiger partial charge in [-0.15, -0.1) is 0 Å². The number of rotatable bonds is 5. The van der Waals surface area contributed by atoms with Gasteiger partial charge in [0.05, 0.1) is 5.92 Å². The van der Waals surface area contributed by atoms with Crippen molar-refractivity contribution >= 4 is 11.8 Å². The van der Waals surface area contributed by atoms with Crippen LogP contribution in [0.25, 0.3) is 0 Å². The number of hydrogen-bond donors (Lipinski definition) is 2. The highest BCUT2D eigenvalue weighted by Crippen LogP contribution is 2.22. The number of likely N-dealkylation sites (tertiary alicyclic amines) is 1. The Morgan fingerprint density at radius 3 is 2.72 bits per heavy atom. The Morgan fingerprint density at radius 1 is 1.20 bits per heavy atom. The molecular formula is C18H33N5O2. The maximum atomic E-state index is 13.0. The Kier molecular flexibility index (Phi) is 6.67. The average molecular weight is 351 g/mol. The number of nitrogens with zero attached hydrogens (tertiary/aromatic N) is 3. The predicted octanol–water partition coefficient (Wildman–Crippen LogP) is 0.0358. The molecule has 0 aromatic rings. The van der Waals surface area contributed by atoms with Crippen LogP contribution in [0.4, 0.5) is 0 Å². The Bertz CT molecular complexity index is 464. The molecule has 2 N–H and O–H groups in total. The molecule has 3 saturated heterocycles. The van der Waals surface area contributed by atoms with Crippen LogP contribution in [0.2, 0.25) is 0 Å². The van der Waals surface area contributed by atoms with E-state index < -0.39 is 0 Å². The molecule has 3 fully saturated rings. The molecule has 3 heterocycles. The zero-order valence-electron chi connectivity index (χ0n) is 15.5. The lowest BCUT2D eigenvalue weighted by Crippen LogP contribution is -2.58. The first-order valence-corrected chi connectivity index (χ1v) is 9.94. The molecular weight excluding hydrogens is 318 g/mol. The van der Waals surface area contributed by atoms with Crippen molar-refractivity contribution in [3.8, 4) is 0 Å². The Labute approximate surface area is 151 Å². The first kappa shape index (κ1) is 18.6. The molecule has 0 aromatic heterocycles. The molecule has 3 aliphatic heterocycles. The normalized spacial score (nSPS) is 29.5. The average Bonchev–Trinajstić information content (AvgIpc) is 2.66. The molecule has 3 aliphatic rings. The van der Waals surface area contributed by atoms with Crippen molar-refractivity contribution < 1.29 is 9.59 Å². The molecule has 0 aromatic carbocycles. The van der Waals surface area contributed by atoms with Crippen LogP contribution in [0.5, 0.6) is 0 Å². The number of hydrogen-bond acceptors (Lipinski definition) is 5. The Morgan fingerprint density at radius 2 is 2.00 bits per heavy atom. The van der Waals surface area contributed by atoms with Gasteiger partial charge in [-0.2, -0.15) is 0 Å². The van der Waals surface area contributed by atoms with E-state index in [1.807, 2.05) is 0 Å². The van der Waals surface area contributed by atoms with Crippen molar-refractivity contribution in [1.29, 1.82) is 0 Å². The first-order valence-electron chi connectivity index (χ1n) is 9.94. The second-order valence-electron chi connectivity index (χ2n) is 7.64. The molecule has 0 spiro atoms. The molecule has 0 bridgehead atoms. The molecule has 2 atom stereocenters. The predicted molar refractivity (Wildman–Crippen MR) is 96.8 cm³/mol. The zero-order valence-corrected chi connectivity index (χ0v) is 15.5. The number of piperazine rings is 1. The van der Waals surface area contributed by atoms with Crippen LogP contribution in [-0.2, 0) is 9.59 Å². The van der Waals surface area contributed by atoms with Crippen LogP contribution < -0.4 is 10.9 Å². The Hall–Kier alpha value is -1.18. The van der Waals surface area contributed by atoms with Crippen molar-refractivity contribution in [1.82, 2.24) is 25.6 Å². The molecule has 0 radical (unpaired) electrons. The van der Waals surface area contributed by atoms with E-state index in [0.717, 1.165) is 65.2 Å². The van der Waals surface area contributed by atoms with Crippen molar-refractivity contribution in [3.63, 3.8) is 0 Å². The summed E-state index contributed by atoms with van der Waals surface area (Å²) < 4.78 is 0. The lowest BCUT2D eigenvalue weighted by Gasteiger charge is -2.42. The van der Waals surface area contributed by atoms with Crippen LogP contribution in [0.1, 0.15) is 39.0 Å². The fourth-order valence-corrected chi connectivity index (χ4v) is 4.23. The van der Waals surface area contributed by atoms with Gasteiger partial charge in [-0.25, -0.2) is 5.43 Å². The minimum absolute atomic E-state index is 0.0490. The maximum absolute atomic E-state index is 13.0. The van der Waals surface area contributed by atoms with Gasteiger partial charge in [0.15, 0.2) is 0 Å². The number of carbonyl (C=O) groups is 2. The third kappa shape index (κ3) is 4.92. The van der Waals surface area contributed by atoms with E-state index in [2.05, 4.69) is 32.5 Å². The number of hydrazine groups is 1. The van der Waals surface area contributed by atoms with Gasteiger partial charge in [-0.05, 0) is 32.4 Å². The quantitative estimate of drug-likeness (QED) is 0.732. The lowest BCUT2D eigenvalue weighted by atomic mass is 9.94. The molecule has 0 aliphatic carbocycles. The molecule has 7 nitrogen and oxygen atoms in total. The van der Waals surface area contributed by atoms with E-state index in [4.69, 9.17) is 0 Å². The zero-order chi connectivity index (χ0) is 17.6. The number of carbonyl (C=O) groups excluding carboxylic acids is 2. The highest BCUT2D eigenvalue weighted by molar-refractivity contribution is 5.79. The van der Waals surface area contributed by atoms with E-state index in [1.54, 1.807) is 0 Å². The fraction of sp³-hybridized carbons (Fsp3) is 0.889. The minimum atomic E-state index is 0.0490. The smallest absolute Gasteiger partial charge is 0.235 e. The largest absolute Gasteiger partial charge is 0.340 e. The van der Waals surface area contributed by atoms with Gasteiger partial charge >= 0.3 is 0 Å². The van der Waals surface area contributed by atoms with Gasteiger partial charge in [0, 0.05) is 51.7 Å². The third-order valence-electron chi connectivity index (χ3n) is 5.82. The number of piperidine rings is 1. The van der Waals surface area contributed by atoms with Gasteiger partial charge in [0.1, 0.15) is 0 Å². The van der Waals surface area contributed by atoms with E-state index >= 15 is 0 Å². The summed E-state index contributed by atoms with van der Waals surface area (Å²) in [7, 11) is 0. The molecule has 7 heteroatoms. The summed E-state index contributed by atoms with van der Waals surface area (Å²) in [4.78, 5) is 31.5. The van der Waals surface area contributed by atoms with E-state index in [-0.39, 0.29) is 17.9 Å². The van der Waals surface area contributed by atoms with Gasteiger partial charge in [-0.3, -0.25) is 24.8 Å². The topological polar surface area (TPSA) is 67.9 Å². The summed E-state index contributed by atoms with van der Waals surface area (Å²) in [5, 5.41) is 0. The van der Waals surface area contributed by atoms with E-state index in [1.165, 1.54) is 12.8 Å². The van der Waals surface area contributed by atoms with E-state index in [0.29, 0.717) is 12.3 Å². The SMILES string of the molecule is CCCCN1CCN(C(=O)C2CCCN(C3CNNC(=O)C3)C2)CC1. The first-order chi connectivity index (χ1) is 12.2. The van der Waals surface area contributed by atoms with Crippen LogP contribution >= 0.6 is 0 Å². The molecule has 2 unspecified atom stereocenters. The molecule has 0 saturated carbocycles. The standard InChI is InChI=1S/C18H33N5O2/c1-2-3-6-21-8-10-22(11-9-21)18(25)15-5-4-7-23(14-15)16-12-17(24)20-19-13-16/h15-16,19H,2-14H2,1H3,(H,20,24). The van der Waals surface area contributed by atoms with Gasteiger partial charge in [0.2, 0.25) is 11.8 Å². The van der Waals surface area contributed by atoms with Crippen molar-refractivity contribution in [2.75, 3.05) is 52.4 Å². The second kappa shape index (κ2) is 8.96. The minimum Gasteiger partial charge on any atom is -0.340 e.